The van der Waals surface area contributed by atoms with Crippen LogP contribution in [0.4, 0.5) is 0 Å². The molecule has 1 aromatic rings. The van der Waals surface area contributed by atoms with Crippen LogP contribution in [0.1, 0.15) is 24.2 Å². The Morgan fingerprint density at radius 2 is 1.61 bits per heavy atom. The Hall–Kier alpha value is -1.06. The van der Waals surface area contributed by atoms with E-state index in [1.54, 1.807) is 13.8 Å². The van der Waals surface area contributed by atoms with Gasteiger partial charge in [-0.2, -0.15) is 0 Å². The number of halogens is 2. The van der Waals surface area contributed by atoms with Crippen molar-refractivity contribution >= 4 is 35.0 Å². The molecule has 0 amide bonds. The number of hydrogen-bond acceptors (Lipinski definition) is 3. The number of carbonyl (C=O) groups excluding carboxylic acids is 2. The van der Waals surface area contributed by atoms with Crippen LogP contribution in [0.5, 0.6) is 0 Å². The molecule has 0 radical (unpaired) electrons. The SMILES string of the molecule is COC(=O)C(C(=O)c1cc(Cl)cc(Cl)c1)C(C)C. The molecule has 0 saturated heterocycles. The molecule has 1 aromatic carbocycles. The summed E-state index contributed by atoms with van der Waals surface area (Å²) in [5.74, 6) is -1.89. The van der Waals surface area contributed by atoms with E-state index in [1.165, 1.54) is 25.3 Å². The molecule has 1 unspecified atom stereocenters. The van der Waals surface area contributed by atoms with Crippen molar-refractivity contribution in [2.45, 2.75) is 13.8 Å². The van der Waals surface area contributed by atoms with Crippen LogP contribution in [0.15, 0.2) is 18.2 Å². The summed E-state index contributed by atoms with van der Waals surface area (Å²) in [5.41, 5.74) is 0.316. The molecule has 0 fully saturated rings. The number of ether oxygens (including phenoxy) is 1. The molecular formula is C13H14Cl2O3. The maximum atomic E-state index is 12.3. The van der Waals surface area contributed by atoms with Crippen LogP contribution in [0.2, 0.25) is 10.0 Å². The Labute approximate surface area is 116 Å². The number of methoxy groups -OCH3 is 1. The fourth-order valence-electron chi connectivity index (χ4n) is 1.68. The topological polar surface area (TPSA) is 43.4 Å². The van der Waals surface area contributed by atoms with Crippen molar-refractivity contribution in [3.05, 3.63) is 33.8 Å². The van der Waals surface area contributed by atoms with E-state index in [4.69, 9.17) is 23.2 Å². The van der Waals surface area contributed by atoms with Crippen LogP contribution in [-0.2, 0) is 9.53 Å². The van der Waals surface area contributed by atoms with Gasteiger partial charge in [0.15, 0.2) is 5.78 Å². The molecule has 0 spiro atoms. The van der Waals surface area contributed by atoms with Crippen LogP contribution in [0.25, 0.3) is 0 Å². The zero-order valence-electron chi connectivity index (χ0n) is 10.4. The summed E-state index contributed by atoms with van der Waals surface area (Å²) < 4.78 is 4.65. The largest absolute Gasteiger partial charge is 0.468 e. The summed E-state index contributed by atoms with van der Waals surface area (Å²) in [5, 5.41) is 0.719. The lowest BCUT2D eigenvalue weighted by molar-refractivity contribution is -0.144. The second-order valence-corrected chi connectivity index (χ2v) is 5.14. The summed E-state index contributed by atoms with van der Waals surface area (Å²) in [7, 11) is 1.26. The lowest BCUT2D eigenvalue weighted by atomic mass is 9.88. The third-order valence-corrected chi connectivity index (χ3v) is 2.99. The molecule has 18 heavy (non-hydrogen) atoms. The van der Waals surface area contributed by atoms with Gasteiger partial charge in [-0.05, 0) is 24.1 Å². The molecule has 0 N–H and O–H groups in total. The number of carbonyl (C=O) groups is 2. The lowest BCUT2D eigenvalue weighted by Crippen LogP contribution is -2.30. The third-order valence-electron chi connectivity index (χ3n) is 2.55. The molecule has 0 aliphatic rings. The predicted octanol–water partition coefficient (Wildman–Crippen LogP) is 3.62. The van der Waals surface area contributed by atoms with Gasteiger partial charge in [-0.15, -0.1) is 0 Å². The van der Waals surface area contributed by atoms with Crippen LogP contribution in [0.3, 0.4) is 0 Å². The molecule has 0 bridgehead atoms. The molecule has 0 aromatic heterocycles. The van der Waals surface area contributed by atoms with Crippen LogP contribution in [-0.4, -0.2) is 18.9 Å². The minimum Gasteiger partial charge on any atom is -0.468 e. The quantitative estimate of drug-likeness (QED) is 0.483. The molecule has 0 aliphatic carbocycles. The van der Waals surface area contributed by atoms with E-state index in [9.17, 15) is 9.59 Å². The fourth-order valence-corrected chi connectivity index (χ4v) is 2.21. The predicted molar refractivity (Wildman–Crippen MR) is 71.1 cm³/mol. The number of hydrogen-bond donors (Lipinski definition) is 0. The molecule has 0 aliphatic heterocycles. The Bertz CT molecular complexity index is 449. The minimum atomic E-state index is -0.843. The molecule has 0 saturated carbocycles. The summed E-state index contributed by atoms with van der Waals surface area (Å²) in [6, 6.07) is 4.52. The van der Waals surface area contributed by atoms with Gasteiger partial charge in [0.05, 0.1) is 7.11 Å². The first-order chi connectivity index (χ1) is 8.36. The smallest absolute Gasteiger partial charge is 0.316 e. The van der Waals surface area contributed by atoms with Gasteiger partial charge < -0.3 is 4.74 Å². The van der Waals surface area contributed by atoms with Crippen LogP contribution in [0, 0.1) is 11.8 Å². The molecule has 1 atom stereocenters. The maximum absolute atomic E-state index is 12.3. The Kier molecular flexibility index (Phi) is 5.17. The molecule has 1 rings (SSSR count). The van der Waals surface area contributed by atoms with Crippen molar-refractivity contribution in [3.8, 4) is 0 Å². The van der Waals surface area contributed by atoms with E-state index < -0.39 is 11.9 Å². The normalized spacial score (nSPS) is 12.3. The number of benzene rings is 1. The first-order valence-electron chi connectivity index (χ1n) is 5.45. The molecule has 3 nitrogen and oxygen atoms in total. The average molecular weight is 289 g/mol. The van der Waals surface area contributed by atoms with E-state index in [2.05, 4.69) is 4.74 Å². The average Bonchev–Trinajstić information content (AvgIpc) is 2.26. The summed E-state index contributed by atoms with van der Waals surface area (Å²) in [6.45, 7) is 3.57. The lowest BCUT2D eigenvalue weighted by Gasteiger charge is -2.17. The van der Waals surface area contributed by atoms with Gasteiger partial charge in [-0.25, -0.2) is 0 Å². The van der Waals surface area contributed by atoms with Crippen molar-refractivity contribution in [3.63, 3.8) is 0 Å². The van der Waals surface area contributed by atoms with Gasteiger partial charge in [-0.1, -0.05) is 37.0 Å². The standard InChI is InChI=1S/C13H14Cl2O3/c1-7(2)11(13(17)18-3)12(16)8-4-9(14)6-10(15)5-8/h4-7,11H,1-3H3. The Morgan fingerprint density at radius 1 is 1.11 bits per heavy atom. The summed E-state index contributed by atoms with van der Waals surface area (Å²) >= 11 is 11.7. The van der Waals surface area contributed by atoms with Gasteiger partial charge in [0.25, 0.3) is 0 Å². The van der Waals surface area contributed by atoms with Crippen molar-refractivity contribution in [2.75, 3.05) is 7.11 Å². The third kappa shape index (κ3) is 3.47. The van der Waals surface area contributed by atoms with Crippen LogP contribution >= 0.6 is 23.2 Å². The zero-order valence-corrected chi connectivity index (χ0v) is 11.9. The van der Waals surface area contributed by atoms with E-state index in [-0.39, 0.29) is 11.7 Å². The van der Waals surface area contributed by atoms with Gasteiger partial charge in [0.2, 0.25) is 0 Å². The van der Waals surface area contributed by atoms with Crippen molar-refractivity contribution < 1.29 is 14.3 Å². The van der Waals surface area contributed by atoms with Crippen LogP contribution < -0.4 is 0 Å². The zero-order chi connectivity index (χ0) is 13.9. The van der Waals surface area contributed by atoms with Crippen molar-refractivity contribution in [1.82, 2.24) is 0 Å². The fraction of sp³-hybridized carbons (Fsp3) is 0.385. The highest BCUT2D eigenvalue weighted by Crippen LogP contribution is 2.24. The minimum absolute atomic E-state index is 0.164. The second kappa shape index (κ2) is 6.21. The highest BCUT2D eigenvalue weighted by molar-refractivity contribution is 6.35. The Morgan fingerprint density at radius 3 is 2.00 bits per heavy atom. The van der Waals surface area contributed by atoms with E-state index in [1.807, 2.05) is 0 Å². The van der Waals surface area contributed by atoms with Crippen molar-refractivity contribution in [2.24, 2.45) is 11.8 Å². The molecule has 0 heterocycles. The number of esters is 1. The monoisotopic (exact) mass is 288 g/mol. The van der Waals surface area contributed by atoms with Gasteiger partial charge in [0, 0.05) is 15.6 Å². The highest BCUT2D eigenvalue weighted by Gasteiger charge is 2.31. The summed E-state index contributed by atoms with van der Waals surface area (Å²) in [4.78, 5) is 23.9. The molecule has 98 valence electrons. The van der Waals surface area contributed by atoms with E-state index in [0.717, 1.165) is 0 Å². The van der Waals surface area contributed by atoms with Gasteiger partial charge >= 0.3 is 5.97 Å². The number of ketones is 1. The Balaban J connectivity index is 3.13. The van der Waals surface area contributed by atoms with Gasteiger partial charge in [0.1, 0.15) is 5.92 Å². The van der Waals surface area contributed by atoms with E-state index >= 15 is 0 Å². The van der Waals surface area contributed by atoms with Gasteiger partial charge in [-0.3, -0.25) is 9.59 Å². The molecular weight excluding hydrogens is 275 g/mol. The van der Waals surface area contributed by atoms with E-state index in [0.29, 0.717) is 15.6 Å². The second-order valence-electron chi connectivity index (χ2n) is 4.27. The first kappa shape index (κ1) is 15.0. The number of rotatable bonds is 4. The van der Waals surface area contributed by atoms with Crippen molar-refractivity contribution in [1.29, 1.82) is 0 Å². The molecule has 5 heteroatoms. The maximum Gasteiger partial charge on any atom is 0.316 e. The number of Topliss-reactive ketones (excluding diaryl/α,β-unsaturated/α-hetero) is 1. The highest BCUT2D eigenvalue weighted by atomic mass is 35.5. The summed E-state index contributed by atoms with van der Waals surface area (Å²) in [6.07, 6.45) is 0. The first-order valence-corrected chi connectivity index (χ1v) is 6.20.